The SMILES string of the molecule is Cc1ccc(C(NN)c2cc(Br)cc(Br)c2)cc1. The molecule has 0 aliphatic carbocycles. The van der Waals surface area contributed by atoms with Gasteiger partial charge in [-0.3, -0.25) is 5.84 Å². The Balaban J connectivity index is 2.41. The summed E-state index contributed by atoms with van der Waals surface area (Å²) in [6, 6.07) is 14.5. The minimum atomic E-state index is -0.0144. The van der Waals surface area contributed by atoms with E-state index in [1.165, 1.54) is 5.56 Å². The van der Waals surface area contributed by atoms with E-state index in [1.54, 1.807) is 0 Å². The molecule has 0 bridgehead atoms. The molecule has 2 aromatic carbocycles. The molecule has 0 saturated heterocycles. The van der Waals surface area contributed by atoms with Crippen LogP contribution in [0.2, 0.25) is 0 Å². The molecule has 0 saturated carbocycles. The van der Waals surface area contributed by atoms with E-state index in [0.717, 1.165) is 20.1 Å². The monoisotopic (exact) mass is 368 g/mol. The number of hydrogen-bond donors (Lipinski definition) is 2. The first-order valence-electron chi connectivity index (χ1n) is 5.59. The Morgan fingerprint density at radius 3 is 2.00 bits per heavy atom. The Morgan fingerprint density at radius 2 is 1.50 bits per heavy atom. The molecule has 0 aliphatic rings. The summed E-state index contributed by atoms with van der Waals surface area (Å²) in [6.45, 7) is 2.07. The Bertz CT molecular complexity index is 518. The summed E-state index contributed by atoms with van der Waals surface area (Å²) in [6.07, 6.45) is 0. The van der Waals surface area contributed by atoms with Gasteiger partial charge in [0.25, 0.3) is 0 Å². The van der Waals surface area contributed by atoms with E-state index >= 15 is 0 Å². The van der Waals surface area contributed by atoms with Gasteiger partial charge in [-0.1, -0.05) is 61.7 Å². The van der Waals surface area contributed by atoms with E-state index in [4.69, 9.17) is 5.84 Å². The van der Waals surface area contributed by atoms with Crippen LogP contribution < -0.4 is 11.3 Å². The lowest BCUT2D eigenvalue weighted by atomic mass is 9.98. The van der Waals surface area contributed by atoms with Crippen molar-refractivity contribution in [2.75, 3.05) is 0 Å². The van der Waals surface area contributed by atoms with Gasteiger partial charge in [-0.25, -0.2) is 5.43 Å². The topological polar surface area (TPSA) is 38.0 Å². The quantitative estimate of drug-likeness (QED) is 0.632. The summed E-state index contributed by atoms with van der Waals surface area (Å²) >= 11 is 6.99. The average Bonchev–Trinajstić information content (AvgIpc) is 2.31. The van der Waals surface area contributed by atoms with Crippen molar-refractivity contribution in [1.29, 1.82) is 0 Å². The first-order chi connectivity index (χ1) is 8.60. The van der Waals surface area contributed by atoms with Gasteiger partial charge in [-0.15, -0.1) is 0 Å². The highest BCUT2D eigenvalue weighted by molar-refractivity contribution is 9.11. The molecule has 0 heterocycles. The van der Waals surface area contributed by atoms with Crippen molar-refractivity contribution in [2.24, 2.45) is 5.84 Å². The zero-order valence-corrected chi connectivity index (χ0v) is 13.1. The van der Waals surface area contributed by atoms with Crippen LogP contribution in [0.1, 0.15) is 22.7 Å². The molecule has 0 amide bonds. The van der Waals surface area contributed by atoms with Crippen molar-refractivity contribution in [3.63, 3.8) is 0 Å². The number of rotatable bonds is 3. The zero-order chi connectivity index (χ0) is 13.1. The lowest BCUT2D eigenvalue weighted by molar-refractivity contribution is 0.636. The summed E-state index contributed by atoms with van der Waals surface area (Å²) in [5, 5.41) is 0. The van der Waals surface area contributed by atoms with Gasteiger partial charge in [0.1, 0.15) is 0 Å². The van der Waals surface area contributed by atoms with E-state index in [-0.39, 0.29) is 6.04 Å². The van der Waals surface area contributed by atoms with E-state index in [9.17, 15) is 0 Å². The molecule has 0 aromatic heterocycles. The molecular formula is C14H14Br2N2. The Hall–Kier alpha value is -0.680. The molecule has 0 spiro atoms. The largest absolute Gasteiger partial charge is 0.271 e. The fraction of sp³-hybridized carbons (Fsp3) is 0.143. The molecule has 2 nitrogen and oxygen atoms in total. The highest BCUT2D eigenvalue weighted by Gasteiger charge is 2.13. The van der Waals surface area contributed by atoms with E-state index < -0.39 is 0 Å². The van der Waals surface area contributed by atoms with Crippen molar-refractivity contribution in [3.05, 3.63) is 68.1 Å². The molecule has 0 fully saturated rings. The lowest BCUT2D eigenvalue weighted by Crippen LogP contribution is -2.28. The minimum Gasteiger partial charge on any atom is -0.271 e. The molecule has 2 aromatic rings. The second kappa shape index (κ2) is 5.97. The highest BCUT2D eigenvalue weighted by Crippen LogP contribution is 2.27. The summed E-state index contributed by atoms with van der Waals surface area (Å²) in [5.41, 5.74) is 6.37. The number of nitrogens with one attached hydrogen (secondary N) is 1. The van der Waals surface area contributed by atoms with E-state index in [0.29, 0.717) is 0 Å². The van der Waals surface area contributed by atoms with Gasteiger partial charge in [0.2, 0.25) is 0 Å². The number of hydrogen-bond acceptors (Lipinski definition) is 2. The maximum absolute atomic E-state index is 5.69. The Kier molecular flexibility index (Phi) is 4.56. The van der Waals surface area contributed by atoms with Crippen molar-refractivity contribution in [3.8, 4) is 0 Å². The molecule has 0 radical (unpaired) electrons. The van der Waals surface area contributed by atoms with E-state index in [2.05, 4.69) is 80.6 Å². The van der Waals surface area contributed by atoms with Crippen LogP contribution in [0, 0.1) is 6.92 Å². The van der Waals surface area contributed by atoms with Crippen LogP contribution in [-0.4, -0.2) is 0 Å². The maximum Gasteiger partial charge on any atom is 0.0710 e. The number of nitrogens with two attached hydrogens (primary N) is 1. The molecule has 4 heteroatoms. The summed E-state index contributed by atoms with van der Waals surface area (Å²) < 4.78 is 2.05. The van der Waals surface area contributed by atoms with Crippen molar-refractivity contribution >= 4 is 31.9 Å². The predicted molar refractivity (Wildman–Crippen MR) is 82.2 cm³/mol. The summed E-state index contributed by atoms with van der Waals surface area (Å²) in [7, 11) is 0. The smallest absolute Gasteiger partial charge is 0.0710 e. The van der Waals surface area contributed by atoms with Crippen molar-refractivity contribution in [1.82, 2.24) is 5.43 Å². The molecule has 2 rings (SSSR count). The van der Waals surface area contributed by atoms with Crippen molar-refractivity contribution in [2.45, 2.75) is 13.0 Å². The first-order valence-corrected chi connectivity index (χ1v) is 7.17. The lowest BCUT2D eigenvalue weighted by Gasteiger charge is -2.18. The van der Waals surface area contributed by atoms with Gasteiger partial charge in [0.15, 0.2) is 0 Å². The first kappa shape index (κ1) is 13.7. The zero-order valence-electron chi connectivity index (χ0n) is 9.95. The third-order valence-electron chi connectivity index (χ3n) is 2.80. The van der Waals surface area contributed by atoms with Crippen LogP contribution in [0.25, 0.3) is 0 Å². The third kappa shape index (κ3) is 3.20. The molecule has 1 unspecified atom stereocenters. The van der Waals surface area contributed by atoms with Gasteiger partial charge in [-0.05, 0) is 36.2 Å². The predicted octanol–water partition coefficient (Wildman–Crippen LogP) is 4.07. The number of hydrazine groups is 1. The van der Waals surface area contributed by atoms with Crippen LogP contribution in [0.5, 0.6) is 0 Å². The van der Waals surface area contributed by atoms with Gasteiger partial charge >= 0.3 is 0 Å². The average molecular weight is 370 g/mol. The highest BCUT2D eigenvalue weighted by atomic mass is 79.9. The Morgan fingerprint density at radius 1 is 0.944 bits per heavy atom. The fourth-order valence-corrected chi connectivity index (χ4v) is 3.21. The molecule has 0 aliphatic heterocycles. The van der Waals surface area contributed by atoms with Crippen LogP contribution >= 0.6 is 31.9 Å². The molecular weight excluding hydrogens is 356 g/mol. The van der Waals surface area contributed by atoms with Gasteiger partial charge in [0.05, 0.1) is 6.04 Å². The number of benzene rings is 2. The molecule has 3 N–H and O–H groups in total. The molecule has 18 heavy (non-hydrogen) atoms. The normalized spacial score (nSPS) is 12.4. The summed E-state index contributed by atoms with van der Waals surface area (Å²) in [4.78, 5) is 0. The maximum atomic E-state index is 5.69. The molecule has 1 atom stereocenters. The summed E-state index contributed by atoms with van der Waals surface area (Å²) in [5.74, 6) is 5.69. The van der Waals surface area contributed by atoms with Crippen LogP contribution in [0.3, 0.4) is 0 Å². The van der Waals surface area contributed by atoms with Gasteiger partial charge in [0, 0.05) is 8.95 Å². The fourth-order valence-electron chi connectivity index (χ4n) is 1.89. The van der Waals surface area contributed by atoms with Crippen molar-refractivity contribution < 1.29 is 0 Å². The van der Waals surface area contributed by atoms with Crippen LogP contribution in [0.15, 0.2) is 51.4 Å². The van der Waals surface area contributed by atoms with E-state index in [1.807, 2.05) is 6.07 Å². The molecule has 94 valence electrons. The standard InChI is InChI=1S/C14H14Br2N2/c1-9-2-4-10(5-3-9)14(18-17)11-6-12(15)8-13(16)7-11/h2-8,14,18H,17H2,1H3. The number of aryl methyl sites for hydroxylation is 1. The second-order valence-electron chi connectivity index (χ2n) is 4.21. The van der Waals surface area contributed by atoms with Gasteiger partial charge < -0.3 is 0 Å². The number of halogens is 2. The van der Waals surface area contributed by atoms with Crippen LogP contribution in [0.4, 0.5) is 0 Å². The second-order valence-corrected chi connectivity index (χ2v) is 6.04. The van der Waals surface area contributed by atoms with Crippen LogP contribution in [-0.2, 0) is 0 Å². The minimum absolute atomic E-state index is 0.0144. The third-order valence-corrected chi connectivity index (χ3v) is 3.71. The Labute approximate surface area is 124 Å². The van der Waals surface area contributed by atoms with Gasteiger partial charge in [-0.2, -0.15) is 0 Å².